The molecule has 0 bridgehead atoms. The van der Waals surface area contributed by atoms with Crippen LogP contribution in [0.2, 0.25) is 0 Å². The lowest BCUT2D eigenvalue weighted by molar-refractivity contribution is -0.265. The molecule has 1 aliphatic carbocycles. The third-order valence-electron chi connectivity index (χ3n) is 8.20. The number of methoxy groups -OCH3 is 1. The molecule has 3 heterocycles. The fraction of sp³-hybridized carbons (Fsp3) is 0.394. The van der Waals surface area contributed by atoms with Crippen molar-refractivity contribution < 1.29 is 46.5 Å². The molecule has 1 saturated carbocycles. The first-order valence-electron chi connectivity index (χ1n) is 15.3. The second-order valence-electron chi connectivity index (χ2n) is 11.8. The number of alkyl halides is 3. The third kappa shape index (κ3) is 6.65. The zero-order valence-electron chi connectivity index (χ0n) is 26.1. The van der Waals surface area contributed by atoms with Crippen LogP contribution in [-0.2, 0) is 21.6 Å². The number of amides is 2. The molecule has 0 spiro atoms. The van der Waals surface area contributed by atoms with Crippen molar-refractivity contribution in [1.29, 1.82) is 0 Å². The summed E-state index contributed by atoms with van der Waals surface area (Å²) in [6.45, 7) is 0.964. The molecule has 2 aromatic carbocycles. The average Bonchev–Trinajstić information content (AvgIpc) is 3.80. The Labute approximate surface area is 272 Å². The van der Waals surface area contributed by atoms with Crippen molar-refractivity contribution >= 4 is 22.7 Å². The van der Waals surface area contributed by atoms with Gasteiger partial charge in [-0.2, -0.15) is 18.3 Å². The Bertz CT molecular complexity index is 1840. The van der Waals surface area contributed by atoms with E-state index < -0.39 is 48.1 Å². The van der Waals surface area contributed by atoms with Crippen molar-refractivity contribution in [2.24, 2.45) is 0 Å². The van der Waals surface area contributed by atoms with Crippen LogP contribution in [0.4, 0.5) is 17.6 Å². The first-order chi connectivity index (χ1) is 22.9. The third-order valence-corrected chi connectivity index (χ3v) is 8.20. The van der Waals surface area contributed by atoms with E-state index in [2.05, 4.69) is 20.7 Å². The molecule has 2 amide bonds. The highest BCUT2D eigenvalue weighted by Gasteiger charge is 2.57. The van der Waals surface area contributed by atoms with Crippen molar-refractivity contribution in [3.8, 4) is 22.8 Å². The van der Waals surface area contributed by atoms with Crippen LogP contribution in [-0.4, -0.2) is 77.4 Å². The number of ether oxygens (including phenoxy) is 3. The molecular weight excluding hydrogens is 638 g/mol. The molecule has 2 fully saturated rings. The molecule has 15 heteroatoms. The van der Waals surface area contributed by atoms with E-state index in [0.29, 0.717) is 24.1 Å². The van der Waals surface area contributed by atoms with Crippen LogP contribution in [0.1, 0.15) is 47.4 Å². The summed E-state index contributed by atoms with van der Waals surface area (Å²) in [5, 5.41) is 21.4. The van der Waals surface area contributed by atoms with Gasteiger partial charge in [-0.25, -0.2) is 9.37 Å². The summed E-state index contributed by atoms with van der Waals surface area (Å²) in [5.41, 5.74) is -4.11. The van der Waals surface area contributed by atoms with Gasteiger partial charge in [0.05, 0.1) is 57.7 Å². The Morgan fingerprint density at radius 1 is 1.12 bits per heavy atom. The number of nitrogens with zero attached hydrogens (tertiary/aromatic N) is 3. The summed E-state index contributed by atoms with van der Waals surface area (Å²) < 4.78 is 76.4. The van der Waals surface area contributed by atoms with Gasteiger partial charge >= 0.3 is 6.18 Å². The topological polar surface area (TPSA) is 137 Å². The minimum Gasteiger partial charge on any atom is -0.494 e. The van der Waals surface area contributed by atoms with E-state index in [0.717, 1.165) is 31.0 Å². The number of carbonyl (C=O) groups is 2. The van der Waals surface area contributed by atoms with E-state index in [-0.39, 0.29) is 52.6 Å². The first kappa shape index (κ1) is 33.2. The molecule has 6 rings (SSSR count). The van der Waals surface area contributed by atoms with E-state index in [1.54, 1.807) is 17.8 Å². The van der Waals surface area contributed by atoms with Crippen LogP contribution in [0, 0.1) is 5.82 Å². The van der Waals surface area contributed by atoms with Gasteiger partial charge in [0.1, 0.15) is 28.5 Å². The van der Waals surface area contributed by atoms with Gasteiger partial charge in [0.15, 0.2) is 0 Å². The monoisotopic (exact) mass is 671 g/mol. The molecule has 2 aromatic heterocycles. The van der Waals surface area contributed by atoms with Gasteiger partial charge in [-0.3, -0.25) is 14.3 Å². The van der Waals surface area contributed by atoms with Crippen molar-refractivity contribution in [1.82, 2.24) is 25.4 Å². The van der Waals surface area contributed by atoms with E-state index >= 15 is 0 Å². The number of fused-ring (bicyclic) bond motifs is 1. The number of benzene rings is 2. The van der Waals surface area contributed by atoms with Crippen molar-refractivity contribution in [3.63, 3.8) is 0 Å². The van der Waals surface area contributed by atoms with Crippen LogP contribution in [0.5, 0.6) is 11.5 Å². The molecule has 1 saturated heterocycles. The Kier molecular flexibility index (Phi) is 9.00. The lowest BCUT2D eigenvalue weighted by Gasteiger charge is -2.31. The van der Waals surface area contributed by atoms with Gasteiger partial charge in [-0.1, -0.05) is 0 Å². The number of aromatic nitrogens is 3. The smallest absolute Gasteiger partial charge is 0.424 e. The number of carbonyl (C=O) groups excluding carboxylic acids is 2. The molecule has 2 aliphatic rings. The fourth-order valence-electron chi connectivity index (χ4n) is 5.39. The van der Waals surface area contributed by atoms with Gasteiger partial charge in [-0.15, -0.1) is 0 Å². The number of halogens is 4. The molecule has 254 valence electrons. The number of hydrogen-bond donors (Lipinski definition) is 3. The maximum absolute atomic E-state index is 14.9. The quantitative estimate of drug-likeness (QED) is 0.191. The summed E-state index contributed by atoms with van der Waals surface area (Å²) in [6.07, 6.45) is -2.11. The van der Waals surface area contributed by atoms with Crippen molar-refractivity contribution in [2.75, 3.05) is 33.5 Å². The minimum absolute atomic E-state index is 0.00391. The summed E-state index contributed by atoms with van der Waals surface area (Å²) in [4.78, 5) is 30.4. The molecule has 11 nitrogen and oxygen atoms in total. The largest absolute Gasteiger partial charge is 0.494 e. The molecule has 1 atom stereocenters. The lowest BCUT2D eigenvalue weighted by atomic mass is 9.93. The SMILES string of the molecule is CCOc1c(CC(=O)NC2COC2)cc([C@@](O)(CNC(=O)c2cc(OC)c3nn(C4CC4)cc3c2)C(F)(F)F)nc1-c1ccc(F)cc1. The Morgan fingerprint density at radius 2 is 1.85 bits per heavy atom. The summed E-state index contributed by atoms with van der Waals surface area (Å²) in [5.74, 6) is -1.78. The summed E-state index contributed by atoms with van der Waals surface area (Å²) in [6, 6.07) is 8.55. The van der Waals surface area contributed by atoms with E-state index in [1.807, 2.05) is 0 Å². The fourth-order valence-corrected chi connectivity index (χ4v) is 5.39. The predicted octanol–water partition coefficient (Wildman–Crippen LogP) is 4.22. The first-order valence-corrected chi connectivity index (χ1v) is 15.3. The average molecular weight is 672 g/mol. The molecule has 0 radical (unpaired) electrons. The Morgan fingerprint density at radius 3 is 2.46 bits per heavy atom. The number of nitrogens with one attached hydrogen (secondary N) is 2. The highest BCUT2D eigenvalue weighted by atomic mass is 19.4. The lowest BCUT2D eigenvalue weighted by Crippen LogP contribution is -2.51. The zero-order valence-corrected chi connectivity index (χ0v) is 26.1. The molecule has 48 heavy (non-hydrogen) atoms. The highest BCUT2D eigenvalue weighted by molar-refractivity contribution is 6.00. The Balaban J connectivity index is 1.37. The maximum Gasteiger partial charge on any atom is 0.424 e. The van der Waals surface area contributed by atoms with Crippen LogP contribution < -0.4 is 20.1 Å². The zero-order chi connectivity index (χ0) is 34.2. The minimum atomic E-state index is -5.35. The summed E-state index contributed by atoms with van der Waals surface area (Å²) >= 11 is 0. The number of aliphatic hydroxyl groups is 1. The molecule has 1 aliphatic heterocycles. The maximum atomic E-state index is 14.9. The number of rotatable bonds is 12. The van der Waals surface area contributed by atoms with E-state index in [9.17, 15) is 32.3 Å². The van der Waals surface area contributed by atoms with Gasteiger partial charge in [0, 0.05) is 28.3 Å². The van der Waals surface area contributed by atoms with Crippen LogP contribution >= 0.6 is 0 Å². The number of pyridine rings is 1. The van der Waals surface area contributed by atoms with E-state index in [1.165, 1.54) is 31.4 Å². The molecular formula is C33H33F4N5O6. The van der Waals surface area contributed by atoms with Gasteiger partial charge < -0.3 is 30.0 Å². The van der Waals surface area contributed by atoms with E-state index in [4.69, 9.17) is 14.2 Å². The second kappa shape index (κ2) is 13.0. The molecule has 4 aromatic rings. The van der Waals surface area contributed by atoms with Crippen LogP contribution in [0.15, 0.2) is 48.7 Å². The van der Waals surface area contributed by atoms with Crippen molar-refractivity contribution in [3.05, 3.63) is 71.3 Å². The number of hydrogen-bond acceptors (Lipinski definition) is 8. The van der Waals surface area contributed by atoms with Gasteiger partial charge in [0.2, 0.25) is 11.5 Å². The molecule has 3 N–H and O–H groups in total. The standard InChI is InChI=1S/C33H33F4N5O6/c1-3-48-30-19(13-27(43)39-23-15-47-16-23)12-26(40-29(30)18-4-6-22(34)7-5-18)32(45,33(35,36)37)17-38-31(44)20-10-21-14-42(24-8-9-24)41-28(21)25(11-20)46-2/h4-7,10-12,14,23-24,45H,3,8-9,13,15-17H2,1-2H3,(H,38,44)(H,39,43)/t32-/m0/s1. The van der Waals surface area contributed by atoms with Crippen molar-refractivity contribution in [2.45, 2.75) is 50.0 Å². The predicted molar refractivity (Wildman–Crippen MR) is 164 cm³/mol. The summed E-state index contributed by atoms with van der Waals surface area (Å²) in [7, 11) is 1.39. The highest BCUT2D eigenvalue weighted by Crippen LogP contribution is 2.42. The molecule has 0 unspecified atom stereocenters. The normalized spacial score (nSPS) is 16.2. The Hall–Kier alpha value is -4.76. The van der Waals surface area contributed by atoms with Gasteiger partial charge in [0.25, 0.3) is 5.91 Å². The van der Waals surface area contributed by atoms with Crippen LogP contribution in [0.3, 0.4) is 0 Å². The van der Waals surface area contributed by atoms with Crippen LogP contribution in [0.25, 0.3) is 22.2 Å². The second-order valence-corrected chi connectivity index (χ2v) is 11.8. The van der Waals surface area contributed by atoms with Gasteiger partial charge in [-0.05, 0) is 62.2 Å².